The van der Waals surface area contributed by atoms with Crippen LogP contribution in [0, 0.1) is 0 Å². The molecule has 1 amide bonds. The Morgan fingerprint density at radius 2 is 2.20 bits per heavy atom. The number of ether oxygens (including phenoxy) is 1. The van der Waals surface area contributed by atoms with Crippen LogP contribution in [0.1, 0.15) is 18.5 Å². The van der Waals surface area contributed by atoms with Gasteiger partial charge >= 0.3 is 0 Å². The lowest BCUT2D eigenvalue weighted by atomic mass is 10.2. The van der Waals surface area contributed by atoms with E-state index in [1.54, 1.807) is 0 Å². The molecule has 3 rings (SSSR count). The molecule has 8 heteroatoms. The summed E-state index contributed by atoms with van der Waals surface area (Å²) in [5.41, 5.74) is 0.829. The molecule has 110 valence electrons. The third kappa shape index (κ3) is 3.11. The van der Waals surface area contributed by atoms with Crippen LogP contribution < -0.4 is 0 Å². The van der Waals surface area contributed by atoms with Gasteiger partial charge in [0, 0.05) is 50.9 Å². The van der Waals surface area contributed by atoms with Gasteiger partial charge in [-0.25, -0.2) is 0 Å². The average molecular weight is 317 g/mol. The van der Waals surface area contributed by atoms with Crippen molar-refractivity contribution in [2.24, 2.45) is 0 Å². The van der Waals surface area contributed by atoms with Gasteiger partial charge in [-0.2, -0.15) is 0 Å². The number of nitrogens with zero attached hydrogens (tertiary/aromatic N) is 4. The summed E-state index contributed by atoms with van der Waals surface area (Å²) in [7, 11) is 0. The first kappa shape index (κ1) is 14.2. The van der Waals surface area contributed by atoms with Gasteiger partial charge in [-0.1, -0.05) is 16.1 Å². The number of aromatic nitrogens is 2. The molecule has 1 aromatic heterocycles. The van der Waals surface area contributed by atoms with Crippen LogP contribution in [0.3, 0.4) is 0 Å². The summed E-state index contributed by atoms with van der Waals surface area (Å²) in [6, 6.07) is 0. The van der Waals surface area contributed by atoms with Crippen molar-refractivity contribution in [3.8, 4) is 0 Å². The number of amides is 1. The highest BCUT2D eigenvalue weighted by Crippen LogP contribution is 2.20. The van der Waals surface area contributed by atoms with Gasteiger partial charge in [-0.15, -0.1) is 5.10 Å². The highest BCUT2D eigenvalue weighted by atomic mass is 35.5. The van der Waals surface area contributed by atoms with Crippen LogP contribution in [-0.2, 0) is 16.1 Å². The van der Waals surface area contributed by atoms with Crippen LogP contribution in [0.2, 0.25) is 4.34 Å². The Labute approximate surface area is 126 Å². The van der Waals surface area contributed by atoms with Crippen LogP contribution in [0.25, 0.3) is 0 Å². The van der Waals surface area contributed by atoms with E-state index in [1.807, 2.05) is 4.90 Å². The molecule has 0 aromatic carbocycles. The van der Waals surface area contributed by atoms with Crippen LogP contribution in [0.15, 0.2) is 0 Å². The maximum Gasteiger partial charge on any atom is 0.251 e. The van der Waals surface area contributed by atoms with Gasteiger partial charge in [0.25, 0.3) is 5.91 Å². The third-order valence-electron chi connectivity index (χ3n) is 3.77. The minimum Gasteiger partial charge on any atom is -0.368 e. The zero-order chi connectivity index (χ0) is 13.9. The Hall–Kier alpha value is -0.760. The summed E-state index contributed by atoms with van der Waals surface area (Å²) in [5, 5.41) is 4.02. The second-order valence-electron chi connectivity index (χ2n) is 5.10. The van der Waals surface area contributed by atoms with Gasteiger partial charge in [0.1, 0.15) is 16.1 Å². The quantitative estimate of drug-likeness (QED) is 0.833. The van der Waals surface area contributed by atoms with E-state index in [2.05, 4.69) is 14.5 Å². The zero-order valence-corrected chi connectivity index (χ0v) is 12.7. The van der Waals surface area contributed by atoms with Crippen LogP contribution in [-0.4, -0.2) is 64.2 Å². The van der Waals surface area contributed by atoms with Gasteiger partial charge in [0.2, 0.25) is 0 Å². The van der Waals surface area contributed by atoms with Gasteiger partial charge in [-0.3, -0.25) is 9.69 Å². The highest BCUT2D eigenvalue weighted by molar-refractivity contribution is 7.10. The van der Waals surface area contributed by atoms with E-state index >= 15 is 0 Å². The molecule has 0 radical (unpaired) electrons. The fraction of sp³-hybridized carbons (Fsp3) is 0.750. The van der Waals surface area contributed by atoms with Crippen LogP contribution >= 0.6 is 23.1 Å². The van der Waals surface area contributed by atoms with Gasteiger partial charge < -0.3 is 9.64 Å². The molecule has 0 spiro atoms. The van der Waals surface area contributed by atoms with Gasteiger partial charge in [0.05, 0.1) is 0 Å². The largest absolute Gasteiger partial charge is 0.368 e. The van der Waals surface area contributed by atoms with Crippen LogP contribution in [0.5, 0.6) is 0 Å². The van der Waals surface area contributed by atoms with E-state index in [1.165, 1.54) is 11.5 Å². The summed E-state index contributed by atoms with van der Waals surface area (Å²) < 4.78 is 9.95. The predicted molar refractivity (Wildman–Crippen MR) is 75.8 cm³/mol. The summed E-state index contributed by atoms with van der Waals surface area (Å²) in [4.78, 5) is 16.4. The fourth-order valence-electron chi connectivity index (χ4n) is 2.61. The molecular weight excluding hydrogens is 300 g/mol. The second-order valence-corrected chi connectivity index (χ2v) is 6.45. The Morgan fingerprint density at radius 1 is 1.40 bits per heavy atom. The highest BCUT2D eigenvalue weighted by Gasteiger charge is 2.30. The molecule has 2 fully saturated rings. The minimum atomic E-state index is -0.210. The fourth-order valence-corrected chi connectivity index (χ4v) is 3.22. The van der Waals surface area contributed by atoms with Crippen LogP contribution in [0.4, 0.5) is 0 Å². The van der Waals surface area contributed by atoms with Crippen molar-refractivity contribution < 1.29 is 9.53 Å². The molecule has 2 aliphatic heterocycles. The summed E-state index contributed by atoms with van der Waals surface area (Å²) >= 11 is 7.22. The molecule has 1 atom stereocenters. The zero-order valence-electron chi connectivity index (χ0n) is 11.1. The van der Waals surface area contributed by atoms with Gasteiger partial charge in [0.15, 0.2) is 0 Å². The maximum absolute atomic E-state index is 12.2. The smallest absolute Gasteiger partial charge is 0.251 e. The van der Waals surface area contributed by atoms with E-state index in [9.17, 15) is 4.79 Å². The first-order valence-corrected chi connectivity index (χ1v) is 7.98. The molecule has 0 N–H and O–H groups in total. The lowest BCUT2D eigenvalue weighted by molar-refractivity contribution is -0.142. The number of halogens is 1. The monoisotopic (exact) mass is 316 g/mol. The summed E-state index contributed by atoms with van der Waals surface area (Å²) in [6.45, 7) is 4.59. The van der Waals surface area contributed by atoms with Crippen molar-refractivity contribution >= 4 is 29.0 Å². The number of hydrogen-bond acceptors (Lipinski definition) is 6. The van der Waals surface area contributed by atoms with Crippen molar-refractivity contribution in [1.82, 2.24) is 19.4 Å². The topological polar surface area (TPSA) is 58.6 Å². The molecular formula is C12H17ClN4O2S. The molecule has 0 bridgehead atoms. The number of carbonyl (C=O) groups is 1. The van der Waals surface area contributed by atoms with E-state index in [-0.39, 0.29) is 12.0 Å². The lowest BCUT2D eigenvalue weighted by Crippen LogP contribution is -2.51. The van der Waals surface area contributed by atoms with Crippen molar-refractivity contribution in [1.29, 1.82) is 0 Å². The first-order valence-electron chi connectivity index (χ1n) is 6.83. The van der Waals surface area contributed by atoms with Crippen molar-refractivity contribution in [3.05, 3.63) is 10.0 Å². The lowest BCUT2D eigenvalue weighted by Gasteiger charge is -2.35. The molecule has 0 aliphatic carbocycles. The summed E-state index contributed by atoms with van der Waals surface area (Å²) in [6.07, 6.45) is 1.64. The number of hydrogen-bond donors (Lipinski definition) is 0. The number of rotatable bonds is 3. The molecule has 3 heterocycles. The standard InChI is InChI=1S/C12H17ClN4O2S/c13-11-9(14-15-20-11)8-16-3-5-17(6-4-16)12(18)10-2-1-7-19-10/h10H,1-8H2/t10-/m1/s1. The number of carbonyl (C=O) groups excluding carboxylic acids is 1. The van der Waals surface area contributed by atoms with Crippen molar-refractivity contribution in [3.63, 3.8) is 0 Å². The van der Waals surface area contributed by atoms with Crippen molar-refractivity contribution in [2.75, 3.05) is 32.8 Å². The van der Waals surface area contributed by atoms with Gasteiger partial charge in [-0.05, 0) is 12.8 Å². The molecule has 0 saturated carbocycles. The molecule has 20 heavy (non-hydrogen) atoms. The Kier molecular flexibility index (Phi) is 4.50. The molecule has 0 unspecified atom stereocenters. The normalized spacial score (nSPS) is 24.2. The third-order valence-corrected chi connectivity index (χ3v) is 4.76. The van der Waals surface area contributed by atoms with E-state index in [0.29, 0.717) is 17.5 Å². The maximum atomic E-state index is 12.2. The summed E-state index contributed by atoms with van der Waals surface area (Å²) in [5.74, 6) is 0.149. The molecule has 2 saturated heterocycles. The Morgan fingerprint density at radius 3 is 2.80 bits per heavy atom. The number of piperazine rings is 1. The molecule has 1 aromatic rings. The average Bonchev–Trinajstić information content (AvgIpc) is 3.12. The SMILES string of the molecule is O=C([C@H]1CCCO1)N1CCN(Cc2nnsc2Cl)CC1. The molecule has 2 aliphatic rings. The van der Waals surface area contributed by atoms with E-state index < -0.39 is 0 Å². The van der Waals surface area contributed by atoms with Crippen molar-refractivity contribution in [2.45, 2.75) is 25.5 Å². The Bertz CT molecular complexity index is 470. The second kappa shape index (κ2) is 6.34. The minimum absolute atomic E-state index is 0.149. The van der Waals surface area contributed by atoms with E-state index in [4.69, 9.17) is 16.3 Å². The Balaban J connectivity index is 1.49. The first-order chi connectivity index (χ1) is 9.74. The predicted octanol–water partition coefficient (Wildman–Crippen LogP) is 1.01. The van der Waals surface area contributed by atoms with E-state index in [0.717, 1.165) is 44.7 Å². The molecule has 6 nitrogen and oxygen atoms in total.